The smallest absolute Gasteiger partial charge is 0.224 e. The van der Waals surface area contributed by atoms with Gasteiger partial charge in [0.05, 0.1) is 22.9 Å². The molecule has 0 fully saturated rings. The molecule has 0 atom stereocenters. The van der Waals surface area contributed by atoms with Crippen LogP contribution < -0.4 is 5.32 Å². The van der Waals surface area contributed by atoms with Gasteiger partial charge in [0, 0.05) is 35.5 Å². The third-order valence-corrected chi connectivity index (χ3v) is 6.83. The van der Waals surface area contributed by atoms with Crippen molar-refractivity contribution in [3.05, 3.63) is 78.8 Å². The average Bonchev–Trinajstić information content (AvgIpc) is 3.56. The van der Waals surface area contributed by atoms with Crippen molar-refractivity contribution in [2.75, 3.05) is 5.32 Å². The summed E-state index contributed by atoms with van der Waals surface area (Å²) in [6, 6.07) is 18.3. The maximum atomic E-state index is 12.7. The fourth-order valence-corrected chi connectivity index (χ4v) is 4.95. The highest BCUT2D eigenvalue weighted by Crippen LogP contribution is 2.33. The Morgan fingerprint density at radius 2 is 1.85 bits per heavy atom. The molecule has 4 heterocycles. The molecule has 0 bridgehead atoms. The Morgan fingerprint density at radius 3 is 2.62 bits per heavy atom. The van der Waals surface area contributed by atoms with Gasteiger partial charge in [-0.2, -0.15) is 5.10 Å². The number of hydrogen-bond acceptors (Lipinski definition) is 5. The van der Waals surface area contributed by atoms with E-state index in [-0.39, 0.29) is 11.3 Å². The Labute approximate surface area is 232 Å². The van der Waals surface area contributed by atoms with Crippen LogP contribution in [0.25, 0.3) is 55.8 Å². The van der Waals surface area contributed by atoms with E-state index in [1.807, 2.05) is 36.4 Å². The molecule has 0 aliphatic carbocycles. The zero-order valence-electron chi connectivity index (χ0n) is 23.0. The number of fused-ring (bicyclic) bond motifs is 2. The molecule has 4 aromatic heterocycles. The number of nitrogens with zero attached hydrogens (tertiary/aromatic N) is 4. The van der Waals surface area contributed by atoms with E-state index in [0.29, 0.717) is 12.2 Å². The number of carbonyl (C=O) groups excluding carboxylic acids is 1. The van der Waals surface area contributed by atoms with Crippen molar-refractivity contribution in [3.63, 3.8) is 0 Å². The third kappa shape index (κ3) is 5.08. The zero-order valence-corrected chi connectivity index (χ0v) is 23.0. The van der Waals surface area contributed by atoms with E-state index in [1.165, 1.54) is 0 Å². The molecule has 0 saturated heterocycles. The van der Waals surface area contributed by atoms with Crippen LogP contribution in [-0.4, -0.2) is 36.0 Å². The minimum absolute atomic E-state index is 0.0173. The number of anilines is 1. The molecule has 1 amide bonds. The van der Waals surface area contributed by atoms with Crippen molar-refractivity contribution in [1.29, 1.82) is 0 Å². The molecule has 0 radical (unpaired) electrons. The molecule has 6 aromatic rings. The van der Waals surface area contributed by atoms with Gasteiger partial charge in [-0.1, -0.05) is 45.9 Å². The summed E-state index contributed by atoms with van der Waals surface area (Å²) in [7, 11) is 0. The van der Waals surface area contributed by atoms with E-state index < -0.39 is 0 Å². The van der Waals surface area contributed by atoms with E-state index in [2.05, 4.69) is 76.4 Å². The zero-order chi connectivity index (χ0) is 27.9. The lowest BCUT2D eigenvalue weighted by molar-refractivity contribution is -0.117. The standard InChI is InChI=1S/C32H31N7O/c1-5-19-12-21(14-22(13-19)35-28(40)16-32(2,3)4)20-9-10-26-23(15-20)30(39-38-26)31-36-27-18-33-17-24(29(27)37-31)25-8-6-7-11-34-25/h6-15,17-18H,5,16H2,1-4H3,(H,35,40)(H,36,37)(H,38,39). The molecular weight excluding hydrogens is 498 g/mol. The quantitative estimate of drug-likeness (QED) is 0.212. The lowest BCUT2D eigenvalue weighted by Crippen LogP contribution is -2.19. The van der Waals surface area contributed by atoms with Gasteiger partial charge in [0.1, 0.15) is 11.2 Å². The fraction of sp³-hybridized carbons (Fsp3) is 0.219. The van der Waals surface area contributed by atoms with Crippen LogP contribution in [0.4, 0.5) is 5.69 Å². The summed E-state index contributed by atoms with van der Waals surface area (Å²) in [5.41, 5.74) is 8.87. The summed E-state index contributed by atoms with van der Waals surface area (Å²) >= 11 is 0. The summed E-state index contributed by atoms with van der Waals surface area (Å²) in [5, 5.41) is 11.8. The summed E-state index contributed by atoms with van der Waals surface area (Å²) < 4.78 is 0. The second-order valence-corrected chi connectivity index (χ2v) is 11.3. The van der Waals surface area contributed by atoms with Gasteiger partial charge in [0.25, 0.3) is 0 Å². The van der Waals surface area contributed by atoms with Gasteiger partial charge in [-0.25, -0.2) is 4.98 Å². The van der Waals surface area contributed by atoms with Crippen molar-refractivity contribution in [2.24, 2.45) is 5.41 Å². The normalized spacial score (nSPS) is 11.8. The molecule has 6 rings (SSSR count). The van der Waals surface area contributed by atoms with Gasteiger partial charge >= 0.3 is 0 Å². The van der Waals surface area contributed by atoms with Crippen molar-refractivity contribution in [2.45, 2.75) is 40.5 Å². The predicted molar refractivity (Wildman–Crippen MR) is 160 cm³/mol. The maximum Gasteiger partial charge on any atom is 0.224 e. The highest BCUT2D eigenvalue weighted by molar-refractivity contribution is 5.98. The maximum absolute atomic E-state index is 12.7. The minimum atomic E-state index is -0.0803. The van der Waals surface area contributed by atoms with Crippen LogP contribution in [0.1, 0.15) is 39.7 Å². The number of amides is 1. The van der Waals surface area contributed by atoms with Crippen LogP contribution in [0, 0.1) is 5.41 Å². The van der Waals surface area contributed by atoms with E-state index in [4.69, 9.17) is 4.98 Å². The van der Waals surface area contributed by atoms with Crippen molar-refractivity contribution in [3.8, 4) is 33.9 Å². The molecule has 0 unspecified atom stereocenters. The number of nitrogens with one attached hydrogen (secondary N) is 3. The molecule has 40 heavy (non-hydrogen) atoms. The lowest BCUT2D eigenvalue weighted by Gasteiger charge is -2.18. The summed E-state index contributed by atoms with van der Waals surface area (Å²) in [6.45, 7) is 8.31. The Kier molecular flexibility index (Phi) is 6.38. The predicted octanol–water partition coefficient (Wildman–Crippen LogP) is 7.17. The third-order valence-electron chi connectivity index (χ3n) is 6.83. The topological polar surface area (TPSA) is 112 Å². The van der Waals surface area contributed by atoms with E-state index in [9.17, 15) is 4.79 Å². The van der Waals surface area contributed by atoms with E-state index in [1.54, 1.807) is 18.6 Å². The van der Waals surface area contributed by atoms with Crippen molar-refractivity contribution < 1.29 is 4.79 Å². The molecule has 8 nitrogen and oxygen atoms in total. The number of carbonyl (C=O) groups is 1. The van der Waals surface area contributed by atoms with Gasteiger partial charge in [0.2, 0.25) is 5.91 Å². The fourth-order valence-electron chi connectivity index (χ4n) is 4.95. The number of benzene rings is 2. The Hall–Kier alpha value is -4.85. The number of hydrogen-bond donors (Lipinski definition) is 3. The summed E-state index contributed by atoms with van der Waals surface area (Å²) in [5.74, 6) is 0.671. The number of aromatic amines is 2. The molecule has 0 saturated carbocycles. The molecule has 0 aliphatic heterocycles. The first-order valence-electron chi connectivity index (χ1n) is 13.5. The van der Waals surface area contributed by atoms with Crippen LogP contribution in [0.5, 0.6) is 0 Å². The number of H-pyrrole nitrogens is 2. The van der Waals surface area contributed by atoms with Crippen LogP contribution in [-0.2, 0) is 11.2 Å². The Morgan fingerprint density at radius 1 is 0.975 bits per heavy atom. The SMILES string of the molecule is CCc1cc(NC(=O)CC(C)(C)C)cc(-c2ccc3[nH]nc(-c4nc5c(-c6ccccn6)cncc5[nH]4)c3c2)c1. The van der Waals surface area contributed by atoms with Crippen molar-refractivity contribution >= 4 is 33.5 Å². The second-order valence-electron chi connectivity index (χ2n) is 11.3. The van der Waals surface area contributed by atoms with Crippen molar-refractivity contribution in [1.82, 2.24) is 30.1 Å². The summed E-state index contributed by atoms with van der Waals surface area (Å²) in [6.07, 6.45) is 6.64. The summed E-state index contributed by atoms with van der Waals surface area (Å²) in [4.78, 5) is 29.9. The Balaban J connectivity index is 1.40. The molecule has 0 spiro atoms. The Bertz CT molecular complexity index is 1840. The number of pyridine rings is 2. The van der Waals surface area contributed by atoms with Gasteiger partial charge < -0.3 is 10.3 Å². The van der Waals surface area contributed by atoms with Crippen LogP contribution in [0.15, 0.2) is 73.2 Å². The van der Waals surface area contributed by atoms with Crippen LogP contribution in [0.3, 0.4) is 0 Å². The monoisotopic (exact) mass is 529 g/mol. The molecule has 200 valence electrons. The first-order valence-corrected chi connectivity index (χ1v) is 13.5. The van der Waals surface area contributed by atoms with Gasteiger partial charge in [-0.15, -0.1) is 0 Å². The van der Waals surface area contributed by atoms with Crippen LogP contribution in [0.2, 0.25) is 0 Å². The number of rotatable bonds is 6. The van der Waals surface area contributed by atoms with Gasteiger partial charge in [0.15, 0.2) is 5.82 Å². The van der Waals surface area contributed by atoms with Gasteiger partial charge in [-0.05, 0) is 64.9 Å². The van der Waals surface area contributed by atoms with Gasteiger partial charge in [-0.3, -0.25) is 19.9 Å². The highest BCUT2D eigenvalue weighted by atomic mass is 16.1. The molecule has 3 N–H and O–H groups in total. The lowest BCUT2D eigenvalue weighted by atomic mass is 9.92. The number of aromatic nitrogens is 6. The van der Waals surface area contributed by atoms with E-state index >= 15 is 0 Å². The molecule has 2 aromatic carbocycles. The molecule has 0 aliphatic rings. The first kappa shape index (κ1) is 25.4. The average molecular weight is 530 g/mol. The molecule has 8 heteroatoms. The number of aryl methyl sites for hydroxylation is 1. The number of imidazole rings is 1. The highest BCUT2D eigenvalue weighted by Gasteiger charge is 2.18. The second kappa shape index (κ2) is 10.0. The first-order chi connectivity index (χ1) is 19.3. The minimum Gasteiger partial charge on any atom is -0.335 e. The largest absolute Gasteiger partial charge is 0.335 e. The van der Waals surface area contributed by atoms with E-state index in [0.717, 1.165) is 67.7 Å². The van der Waals surface area contributed by atoms with Crippen LogP contribution >= 0.6 is 0 Å². The molecular formula is C32H31N7O.